The maximum atomic E-state index is 14.4. The predicted octanol–water partition coefficient (Wildman–Crippen LogP) is 2.63. The first kappa shape index (κ1) is 14.8. The van der Waals surface area contributed by atoms with Crippen molar-refractivity contribution in [2.45, 2.75) is 13.3 Å². The van der Waals surface area contributed by atoms with E-state index in [4.69, 9.17) is 5.11 Å². The molecule has 3 rings (SSSR count). The van der Waals surface area contributed by atoms with Crippen LogP contribution in [0.1, 0.15) is 22.8 Å². The quantitative estimate of drug-likeness (QED) is 0.596. The summed E-state index contributed by atoms with van der Waals surface area (Å²) in [5.74, 6) is -2.76. The summed E-state index contributed by atoms with van der Waals surface area (Å²) in [6.07, 6.45) is 1.88. The fraction of sp³-hybridized carbons (Fsp3) is 0.125. The van der Waals surface area contributed by atoms with Crippen molar-refractivity contribution in [2.75, 3.05) is 0 Å². The highest BCUT2D eigenvalue weighted by atomic mass is 19.1. The van der Waals surface area contributed by atoms with E-state index in [1.54, 1.807) is 19.2 Å². The average Bonchev–Trinajstić information content (AvgIpc) is 2.92. The fourth-order valence-corrected chi connectivity index (χ4v) is 2.67. The molecule has 0 fully saturated rings. The predicted molar refractivity (Wildman–Crippen MR) is 82.3 cm³/mol. The van der Waals surface area contributed by atoms with Gasteiger partial charge >= 0.3 is 5.97 Å². The van der Waals surface area contributed by atoms with Crippen LogP contribution in [-0.4, -0.2) is 26.2 Å². The van der Waals surface area contributed by atoms with Gasteiger partial charge in [0.05, 0.1) is 5.69 Å². The third-order valence-corrected chi connectivity index (χ3v) is 3.77. The number of H-pyrrole nitrogens is 2. The Hall–Kier alpha value is -3.09. The van der Waals surface area contributed by atoms with E-state index in [1.807, 2.05) is 0 Å². The van der Waals surface area contributed by atoms with Gasteiger partial charge in [0.15, 0.2) is 5.56 Å². The molecule has 0 atom stereocenters. The highest BCUT2D eigenvalue weighted by molar-refractivity contribution is 5.92. The van der Waals surface area contributed by atoms with Gasteiger partial charge in [-0.1, -0.05) is 6.92 Å². The van der Waals surface area contributed by atoms with Crippen LogP contribution in [0.25, 0.3) is 22.2 Å². The highest BCUT2D eigenvalue weighted by Crippen LogP contribution is 2.33. The third-order valence-electron chi connectivity index (χ3n) is 3.77. The molecule has 4 N–H and O–H groups in total. The lowest BCUT2D eigenvalue weighted by molar-refractivity contribution is 0.0691. The molecule has 3 aromatic rings. The van der Waals surface area contributed by atoms with Gasteiger partial charge < -0.3 is 20.2 Å². The molecule has 2 heterocycles. The molecular weight excluding hydrogens is 303 g/mol. The SMILES string of the molecule is CCc1c(-c2cc3cc[nH]c3cc2F)[nH]c(=O)c(C(=O)O)c1O. The second-order valence-electron chi connectivity index (χ2n) is 5.09. The van der Waals surface area contributed by atoms with E-state index in [1.165, 1.54) is 12.1 Å². The number of rotatable bonds is 3. The minimum atomic E-state index is -1.54. The summed E-state index contributed by atoms with van der Waals surface area (Å²) in [7, 11) is 0. The first-order valence-electron chi connectivity index (χ1n) is 6.92. The number of aromatic carboxylic acids is 1. The van der Waals surface area contributed by atoms with Crippen molar-refractivity contribution in [1.82, 2.24) is 9.97 Å². The molecule has 0 amide bonds. The van der Waals surface area contributed by atoms with Gasteiger partial charge in [0.1, 0.15) is 11.6 Å². The van der Waals surface area contributed by atoms with Crippen LogP contribution < -0.4 is 5.56 Å². The van der Waals surface area contributed by atoms with Crippen molar-refractivity contribution in [1.29, 1.82) is 0 Å². The van der Waals surface area contributed by atoms with E-state index in [0.717, 1.165) is 5.39 Å². The molecule has 0 radical (unpaired) electrons. The molecule has 0 bridgehead atoms. The lowest BCUT2D eigenvalue weighted by Gasteiger charge is -2.12. The Labute approximate surface area is 129 Å². The number of carbonyl (C=O) groups is 1. The molecule has 0 aliphatic heterocycles. The van der Waals surface area contributed by atoms with Gasteiger partial charge in [0, 0.05) is 28.2 Å². The van der Waals surface area contributed by atoms with Crippen molar-refractivity contribution in [3.8, 4) is 17.0 Å². The summed E-state index contributed by atoms with van der Waals surface area (Å²) in [4.78, 5) is 28.3. The number of aromatic nitrogens is 2. The smallest absolute Gasteiger partial charge is 0.345 e. The van der Waals surface area contributed by atoms with E-state index in [-0.39, 0.29) is 23.2 Å². The number of aromatic amines is 2. The van der Waals surface area contributed by atoms with Crippen molar-refractivity contribution in [2.24, 2.45) is 0 Å². The number of aromatic hydroxyl groups is 1. The van der Waals surface area contributed by atoms with E-state index >= 15 is 0 Å². The molecule has 1 aromatic carbocycles. The van der Waals surface area contributed by atoms with Crippen LogP contribution in [0.2, 0.25) is 0 Å². The van der Waals surface area contributed by atoms with Gasteiger partial charge in [0.2, 0.25) is 0 Å². The van der Waals surface area contributed by atoms with Crippen LogP contribution in [0.4, 0.5) is 4.39 Å². The Bertz CT molecular complexity index is 988. The van der Waals surface area contributed by atoms with Crippen LogP contribution in [0.3, 0.4) is 0 Å². The Morgan fingerprint density at radius 1 is 1.35 bits per heavy atom. The molecule has 0 aliphatic rings. The molecule has 0 aliphatic carbocycles. The standard InChI is InChI=1S/C16H13FN2O4/c1-2-8-13(19-15(21)12(14(8)20)16(22)23)9-5-7-3-4-18-11(7)6-10(9)17/h3-6,18H,2H2,1H3,(H,22,23)(H2,19,20,21). The molecule has 0 spiro atoms. The second kappa shape index (κ2) is 5.28. The van der Waals surface area contributed by atoms with Gasteiger partial charge in [-0.25, -0.2) is 9.18 Å². The Morgan fingerprint density at radius 3 is 2.74 bits per heavy atom. The van der Waals surface area contributed by atoms with Gasteiger partial charge in [-0.2, -0.15) is 0 Å². The number of fused-ring (bicyclic) bond motifs is 1. The largest absolute Gasteiger partial charge is 0.506 e. The number of nitrogens with one attached hydrogen (secondary N) is 2. The summed E-state index contributed by atoms with van der Waals surface area (Å²) >= 11 is 0. The molecule has 0 unspecified atom stereocenters. The molecule has 2 aromatic heterocycles. The van der Waals surface area contributed by atoms with Gasteiger partial charge in [-0.05, 0) is 24.6 Å². The number of carboxylic acid groups (broad SMARTS) is 1. The lowest BCUT2D eigenvalue weighted by atomic mass is 9.99. The molecule has 6 nitrogen and oxygen atoms in total. The van der Waals surface area contributed by atoms with E-state index in [2.05, 4.69) is 9.97 Å². The average molecular weight is 316 g/mol. The summed E-state index contributed by atoms with van der Waals surface area (Å²) in [5, 5.41) is 19.9. The Kier molecular flexibility index (Phi) is 3.40. The third kappa shape index (κ3) is 2.26. The first-order chi connectivity index (χ1) is 10.9. The monoisotopic (exact) mass is 316 g/mol. The molecular formula is C16H13FN2O4. The minimum absolute atomic E-state index is 0.0839. The van der Waals surface area contributed by atoms with Crippen LogP contribution in [0.5, 0.6) is 5.75 Å². The maximum absolute atomic E-state index is 14.4. The summed E-state index contributed by atoms with van der Waals surface area (Å²) in [6.45, 7) is 1.68. The summed E-state index contributed by atoms with van der Waals surface area (Å²) < 4.78 is 14.4. The zero-order valence-electron chi connectivity index (χ0n) is 12.1. The maximum Gasteiger partial charge on any atom is 0.345 e. The van der Waals surface area contributed by atoms with E-state index in [0.29, 0.717) is 5.52 Å². The fourth-order valence-electron chi connectivity index (χ4n) is 2.67. The van der Waals surface area contributed by atoms with Crippen molar-refractivity contribution in [3.63, 3.8) is 0 Å². The van der Waals surface area contributed by atoms with E-state index < -0.39 is 28.7 Å². The second-order valence-corrected chi connectivity index (χ2v) is 5.09. The van der Waals surface area contributed by atoms with Crippen LogP contribution in [0.15, 0.2) is 29.2 Å². The van der Waals surface area contributed by atoms with Crippen LogP contribution >= 0.6 is 0 Å². The number of benzene rings is 1. The van der Waals surface area contributed by atoms with Crippen LogP contribution in [0, 0.1) is 5.82 Å². The Balaban J connectivity index is 2.36. The van der Waals surface area contributed by atoms with Crippen molar-refractivity contribution in [3.05, 3.63) is 51.7 Å². The molecule has 7 heteroatoms. The Morgan fingerprint density at radius 2 is 2.09 bits per heavy atom. The van der Waals surface area contributed by atoms with Gasteiger partial charge in [0.25, 0.3) is 5.56 Å². The minimum Gasteiger partial charge on any atom is -0.506 e. The van der Waals surface area contributed by atoms with E-state index in [9.17, 15) is 19.1 Å². The molecule has 23 heavy (non-hydrogen) atoms. The number of carboxylic acids is 1. The molecule has 0 saturated carbocycles. The zero-order chi connectivity index (χ0) is 16.7. The first-order valence-corrected chi connectivity index (χ1v) is 6.92. The highest BCUT2D eigenvalue weighted by Gasteiger charge is 2.23. The van der Waals surface area contributed by atoms with Crippen LogP contribution in [-0.2, 0) is 6.42 Å². The lowest BCUT2D eigenvalue weighted by Crippen LogP contribution is -2.20. The summed E-state index contributed by atoms with van der Waals surface area (Å²) in [6, 6.07) is 4.56. The number of pyridine rings is 1. The molecule has 118 valence electrons. The number of hydrogen-bond donors (Lipinski definition) is 4. The van der Waals surface area contributed by atoms with Crippen molar-refractivity contribution < 1.29 is 19.4 Å². The topological polar surface area (TPSA) is 106 Å². The number of hydrogen-bond acceptors (Lipinski definition) is 3. The van der Waals surface area contributed by atoms with Crippen molar-refractivity contribution >= 4 is 16.9 Å². The molecule has 0 saturated heterocycles. The van der Waals surface area contributed by atoms with Gasteiger partial charge in [-0.3, -0.25) is 4.79 Å². The zero-order valence-corrected chi connectivity index (χ0v) is 12.1. The number of halogens is 1. The summed E-state index contributed by atoms with van der Waals surface area (Å²) in [5.41, 5.74) is -0.766. The normalized spacial score (nSPS) is 11.0. The van der Waals surface area contributed by atoms with Gasteiger partial charge in [-0.15, -0.1) is 0 Å².